The minimum atomic E-state index is -0.704. The molecule has 2 unspecified atom stereocenters. The van der Waals surface area contributed by atoms with Gasteiger partial charge in [-0.15, -0.1) is 0 Å². The molecule has 0 amide bonds. The summed E-state index contributed by atoms with van der Waals surface area (Å²) in [5.74, 6) is 0. The van der Waals surface area contributed by atoms with Crippen molar-refractivity contribution in [3.63, 3.8) is 0 Å². The van der Waals surface area contributed by atoms with E-state index in [1.165, 1.54) is 16.7 Å². The van der Waals surface area contributed by atoms with E-state index in [-0.39, 0.29) is 6.04 Å². The molecular weight excluding hydrogens is 459 g/mol. The van der Waals surface area contributed by atoms with E-state index in [9.17, 15) is 9.90 Å². The number of rotatable bonds is 10. The Kier molecular flexibility index (Phi) is 8.52. The quantitative estimate of drug-likeness (QED) is 0.232. The fourth-order valence-corrected chi connectivity index (χ4v) is 5.17. The third-order valence-corrected chi connectivity index (χ3v) is 7.07. The highest BCUT2D eigenvalue weighted by Crippen LogP contribution is 2.32. The zero-order chi connectivity index (χ0) is 26.5. The average molecular weight is 495 g/mol. The second kappa shape index (κ2) is 11.8. The molecule has 4 aromatic rings. The molecule has 0 spiro atoms. The molecule has 1 heterocycles. The second-order valence-electron chi connectivity index (χ2n) is 9.71. The predicted octanol–water partition coefficient (Wildman–Crippen LogP) is 5.26. The lowest BCUT2D eigenvalue weighted by Gasteiger charge is -2.25. The van der Waals surface area contributed by atoms with Crippen LogP contribution >= 0.6 is 0 Å². The molecule has 191 valence electrons. The Labute approximate surface area is 220 Å². The van der Waals surface area contributed by atoms with Crippen LogP contribution in [0.5, 0.6) is 0 Å². The predicted molar refractivity (Wildman–Crippen MR) is 154 cm³/mol. The van der Waals surface area contributed by atoms with Gasteiger partial charge in [0.15, 0.2) is 0 Å². The van der Waals surface area contributed by atoms with Gasteiger partial charge in [-0.1, -0.05) is 64.6 Å². The van der Waals surface area contributed by atoms with E-state index in [2.05, 4.69) is 62.9 Å². The minimum absolute atomic E-state index is 0.318. The van der Waals surface area contributed by atoms with Gasteiger partial charge in [-0.05, 0) is 64.3 Å². The molecule has 0 saturated carbocycles. The summed E-state index contributed by atoms with van der Waals surface area (Å²) < 4.78 is 5.65. The monoisotopic (exact) mass is 495 g/mol. The van der Waals surface area contributed by atoms with Crippen LogP contribution in [0.2, 0.25) is 0 Å². The summed E-state index contributed by atoms with van der Waals surface area (Å²) >= 11 is 0. The van der Waals surface area contributed by atoms with E-state index in [0.717, 1.165) is 40.8 Å². The van der Waals surface area contributed by atoms with Gasteiger partial charge in [-0.2, -0.15) is 0 Å². The molecule has 0 aliphatic heterocycles. The Bertz CT molecular complexity index is 1390. The Hall–Kier alpha value is -3.35. The summed E-state index contributed by atoms with van der Waals surface area (Å²) in [7, 11) is 2.01. The largest absolute Gasteiger partial charge is 0.423 e. The van der Waals surface area contributed by atoms with Gasteiger partial charge in [0.25, 0.3) is 0 Å². The van der Waals surface area contributed by atoms with Crippen LogP contribution in [0.1, 0.15) is 60.2 Å². The molecule has 2 N–H and O–H groups in total. The Balaban J connectivity index is 1.75. The number of aryl methyl sites for hydroxylation is 3. The SMILES string of the molecule is CCN(CC)c1ccc2c(C(CC(O)c3ccccc3)N[B]c3c(C)cc(C)cc3C)cc(=O)oc2c1. The van der Waals surface area contributed by atoms with Crippen molar-refractivity contribution in [2.45, 2.75) is 53.2 Å². The van der Waals surface area contributed by atoms with Gasteiger partial charge in [0, 0.05) is 42.3 Å². The first kappa shape index (κ1) is 26.7. The van der Waals surface area contributed by atoms with Crippen LogP contribution in [0.25, 0.3) is 11.0 Å². The zero-order valence-electron chi connectivity index (χ0n) is 22.4. The molecule has 4 rings (SSSR count). The van der Waals surface area contributed by atoms with E-state index in [1.54, 1.807) is 6.07 Å². The van der Waals surface area contributed by atoms with Gasteiger partial charge in [-0.3, -0.25) is 0 Å². The topological polar surface area (TPSA) is 65.7 Å². The first-order valence-corrected chi connectivity index (χ1v) is 13.0. The lowest BCUT2D eigenvalue weighted by molar-refractivity contribution is 0.155. The normalized spacial score (nSPS) is 12.9. The Morgan fingerprint density at radius 1 is 0.946 bits per heavy atom. The third kappa shape index (κ3) is 6.15. The summed E-state index contributed by atoms with van der Waals surface area (Å²) in [6.07, 6.45) is -0.314. The zero-order valence-corrected chi connectivity index (χ0v) is 22.4. The van der Waals surface area contributed by atoms with Gasteiger partial charge >= 0.3 is 5.63 Å². The van der Waals surface area contributed by atoms with Crippen molar-refractivity contribution in [1.82, 2.24) is 5.23 Å². The van der Waals surface area contributed by atoms with E-state index in [0.29, 0.717) is 12.0 Å². The van der Waals surface area contributed by atoms with Crippen molar-refractivity contribution in [2.24, 2.45) is 0 Å². The van der Waals surface area contributed by atoms with E-state index in [1.807, 2.05) is 49.9 Å². The molecule has 1 radical (unpaired) electrons. The van der Waals surface area contributed by atoms with Gasteiger partial charge in [-0.25, -0.2) is 4.79 Å². The van der Waals surface area contributed by atoms with Crippen molar-refractivity contribution in [1.29, 1.82) is 0 Å². The van der Waals surface area contributed by atoms with Gasteiger partial charge in [0.1, 0.15) is 5.58 Å². The van der Waals surface area contributed by atoms with Crippen LogP contribution in [0.15, 0.2) is 75.9 Å². The first-order chi connectivity index (χ1) is 17.8. The molecule has 0 aliphatic carbocycles. The number of benzene rings is 3. The molecule has 6 heteroatoms. The molecular formula is C31H36BN2O3. The molecule has 37 heavy (non-hydrogen) atoms. The van der Waals surface area contributed by atoms with Crippen LogP contribution in [-0.2, 0) is 0 Å². The first-order valence-electron chi connectivity index (χ1n) is 13.0. The minimum Gasteiger partial charge on any atom is -0.423 e. The summed E-state index contributed by atoms with van der Waals surface area (Å²) in [6, 6.07) is 21.2. The van der Waals surface area contributed by atoms with Crippen molar-refractivity contribution in [3.05, 3.63) is 105 Å². The lowest BCUT2D eigenvalue weighted by atomic mass is 9.74. The molecule has 2 atom stereocenters. The van der Waals surface area contributed by atoms with Gasteiger partial charge < -0.3 is 19.7 Å². The van der Waals surface area contributed by atoms with Crippen LogP contribution in [0, 0.1) is 20.8 Å². The maximum absolute atomic E-state index is 12.7. The van der Waals surface area contributed by atoms with Crippen LogP contribution in [0.4, 0.5) is 5.69 Å². The van der Waals surface area contributed by atoms with E-state index < -0.39 is 11.7 Å². The summed E-state index contributed by atoms with van der Waals surface area (Å²) in [5.41, 5.74) is 7.50. The highest BCUT2D eigenvalue weighted by molar-refractivity contribution is 6.52. The van der Waals surface area contributed by atoms with Crippen molar-refractivity contribution >= 4 is 29.5 Å². The number of nitrogens with one attached hydrogen (secondary N) is 1. The summed E-state index contributed by atoms with van der Waals surface area (Å²) in [4.78, 5) is 14.9. The van der Waals surface area contributed by atoms with Crippen molar-refractivity contribution in [2.75, 3.05) is 18.0 Å². The average Bonchev–Trinajstić information content (AvgIpc) is 2.87. The molecule has 0 fully saturated rings. The number of nitrogens with zero attached hydrogens (tertiary/aromatic N) is 1. The van der Waals surface area contributed by atoms with Crippen LogP contribution in [-0.4, -0.2) is 25.6 Å². The number of aliphatic hydroxyl groups is 1. The fraction of sp³-hybridized carbons (Fsp3) is 0.323. The smallest absolute Gasteiger partial charge is 0.336 e. The highest BCUT2D eigenvalue weighted by Gasteiger charge is 2.22. The Morgan fingerprint density at radius 2 is 1.62 bits per heavy atom. The van der Waals surface area contributed by atoms with E-state index in [4.69, 9.17) is 4.42 Å². The fourth-order valence-electron chi connectivity index (χ4n) is 5.17. The number of anilines is 1. The number of hydrogen-bond donors (Lipinski definition) is 2. The Morgan fingerprint density at radius 3 is 2.27 bits per heavy atom. The summed E-state index contributed by atoms with van der Waals surface area (Å²) in [5, 5.41) is 15.6. The number of fused-ring (bicyclic) bond motifs is 1. The van der Waals surface area contributed by atoms with E-state index >= 15 is 0 Å². The van der Waals surface area contributed by atoms with Crippen LogP contribution < -0.4 is 21.2 Å². The maximum atomic E-state index is 12.7. The molecule has 1 aromatic heterocycles. The standard InChI is InChI=1S/C31H36BN2O3/c1-6-34(7-2)24-13-14-25-26(18-30(36)37-29(25)17-24)27(19-28(35)23-11-9-8-10-12-23)33-32-31-21(4)15-20(3)16-22(31)5/h8-18,27-28,33,35H,6-7,19H2,1-5H3. The summed E-state index contributed by atoms with van der Waals surface area (Å²) in [6.45, 7) is 12.2. The van der Waals surface area contributed by atoms with Gasteiger partial charge in [0.05, 0.1) is 6.10 Å². The lowest BCUT2D eigenvalue weighted by Crippen LogP contribution is -2.37. The molecule has 5 nitrogen and oxygen atoms in total. The molecule has 0 bridgehead atoms. The highest BCUT2D eigenvalue weighted by atomic mass is 16.4. The molecule has 0 saturated heterocycles. The van der Waals surface area contributed by atoms with Crippen LogP contribution in [0.3, 0.4) is 0 Å². The van der Waals surface area contributed by atoms with Crippen molar-refractivity contribution < 1.29 is 9.52 Å². The molecule has 3 aromatic carbocycles. The maximum Gasteiger partial charge on any atom is 0.336 e. The van der Waals surface area contributed by atoms with Gasteiger partial charge in [0.2, 0.25) is 7.41 Å². The molecule has 0 aliphatic rings. The van der Waals surface area contributed by atoms with Crippen molar-refractivity contribution in [3.8, 4) is 0 Å². The number of hydrogen-bond acceptors (Lipinski definition) is 5. The second-order valence-corrected chi connectivity index (χ2v) is 9.71. The number of aliphatic hydroxyl groups excluding tert-OH is 1. The third-order valence-electron chi connectivity index (χ3n) is 7.07.